The van der Waals surface area contributed by atoms with Crippen LogP contribution in [0.4, 0.5) is 11.4 Å². The molecule has 0 fully saturated rings. The van der Waals surface area contributed by atoms with Crippen LogP contribution in [0, 0.1) is 0 Å². The molecular formula is C28H32N6O4. The molecule has 3 heterocycles. The van der Waals surface area contributed by atoms with Crippen LogP contribution < -0.4 is 20.0 Å². The summed E-state index contributed by atoms with van der Waals surface area (Å²) in [5.41, 5.74) is 3.81. The molecule has 0 saturated heterocycles. The van der Waals surface area contributed by atoms with Crippen molar-refractivity contribution < 1.29 is 19.2 Å². The monoisotopic (exact) mass is 516 g/mol. The number of carbonyl (C=O) groups excluding carboxylic acids is 2. The number of likely N-dealkylation sites (N-methyl/N-ethyl adjacent to an activating group) is 1. The number of hydroxylamine groups is 1. The van der Waals surface area contributed by atoms with Crippen LogP contribution in [0.25, 0.3) is 0 Å². The van der Waals surface area contributed by atoms with Crippen LogP contribution in [-0.2, 0) is 11.2 Å². The molecule has 10 heteroatoms. The number of hydrogen-bond acceptors (Lipinski definition) is 8. The van der Waals surface area contributed by atoms with Crippen LogP contribution in [0.3, 0.4) is 0 Å². The molecule has 10 nitrogen and oxygen atoms in total. The number of para-hydroxylation sites is 1. The van der Waals surface area contributed by atoms with E-state index in [0.29, 0.717) is 42.9 Å². The third-order valence-electron chi connectivity index (χ3n) is 6.81. The summed E-state index contributed by atoms with van der Waals surface area (Å²) < 4.78 is 6.07. The molecule has 0 saturated carbocycles. The van der Waals surface area contributed by atoms with Crippen LogP contribution in [0.5, 0.6) is 11.6 Å². The van der Waals surface area contributed by atoms with Gasteiger partial charge in [-0.1, -0.05) is 24.3 Å². The molecule has 1 N–H and O–H groups in total. The van der Waals surface area contributed by atoms with Gasteiger partial charge in [-0.2, -0.15) is 4.98 Å². The minimum Gasteiger partial charge on any atom is -0.462 e. The summed E-state index contributed by atoms with van der Waals surface area (Å²) >= 11 is 0. The Bertz CT molecular complexity index is 1340. The van der Waals surface area contributed by atoms with Crippen LogP contribution >= 0.6 is 0 Å². The number of nitrogens with zero attached hydrogens (tertiary/aromatic N) is 5. The van der Waals surface area contributed by atoms with Crippen molar-refractivity contribution >= 4 is 23.2 Å². The lowest BCUT2D eigenvalue weighted by Crippen LogP contribution is -2.48. The minimum atomic E-state index is -0.799. The Hall–Kier alpha value is -4.18. The fraction of sp³-hybridized carbons (Fsp3) is 0.357. The molecule has 38 heavy (non-hydrogen) atoms. The average Bonchev–Trinajstić information content (AvgIpc) is 3.32. The van der Waals surface area contributed by atoms with Crippen molar-refractivity contribution in [2.24, 2.45) is 0 Å². The van der Waals surface area contributed by atoms with Gasteiger partial charge in [-0.05, 0) is 44.3 Å². The maximum Gasteiger partial charge on any atom is 0.301 e. The second-order valence-corrected chi connectivity index (χ2v) is 9.98. The Morgan fingerprint density at radius 3 is 2.76 bits per heavy atom. The second-order valence-electron chi connectivity index (χ2n) is 9.98. The van der Waals surface area contributed by atoms with Gasteiger partial charge in [0.2, 0.25) is 5.88 Å². The van der Waals surface area contributed by atoms with Gasteiger partial charge in [-0.25, -0.2) is 4.98 Å². The Balaban J connectivity index is 1.48. The third-order valence-corrected chi connectivity index (χ3v) is 6.81. The number of ether oxygens (including phenoxy) is 1. The number of hydrogen-bond donors (Lipinski definition) is 1. The van der Waals surface area contributed by atoms with E-state index in [2.05, 4.69) is 21.4 Å². The van der Waals surface area contributed by atoms with Gasteiger partial charge in [0.1, 0.15) is 6.33 Å². The smallest absolute Gasteiger partial charge is 0.301 e. The molecular weight excluding hydrogens is 484 g/mol. The molecule has 3 aromatic rings. The van der Waals surface area contributed by atoms with Gasteiger partial charge in [0.05, 0.1) is 6.20 Å². The van der Waals surface area contributed by atoms with Crippen molar-refractivity contribution in [3.8, 4) is 11.6 Å². The Morgan fingerprint density at radius 1 is 1.16 bits per heavy atom. The second kappa shape index (κ2) is 10.7. The number of amides is 2. The molecule has 1 aromatic heterocycles. The first kappa shape index (κ1) is 25.5. The standard InChI is InChI=1S/C28H32N6O4/c1-32(2)13-12-20-21(27(35)33(3)4)9-7-11-24(20)38-34-23-16-29-17-31-26(23)37-25(28(34)36)14-18-15-30-22-10-6-5-8-19(18)22/h5-11,16-18,25,30H,12-15H2,1-4H3. The predicted molar refractivity (Wildman–Crippen MR) is 144 cm³/mol. The van der Waals surface area contributed by atoms with Crippen molar-refractivity contribution in [1.82, 2.24) is 19.8 Å². The number of nitrogens with one attached hydrogen (secondary N) is 1. The fourth-order valence-electron chi connectivity index (χ4n) is 4.83. The zero-order valence-corrected chi connectivity index (χ0v) is 22.0. The van der Waals surface area contributed by atoms with Gasteiger partial charge in [0.25, 0.3) is 5.91 Å². The summed E-state index contributed by atoms with van der Waals surface area (Å²) in [6.07, 6.45) is 3.10. The van der Waals surface area contributed by atoms with Gasteiger partial charge in [-0.15, -0.1) is 5.06 Å². The molecule has 2 aliphatic rings. The van der Waals surface area contributed by atoms with E-state index >= 15 is 0 Å². The molecule has 0 spiro atoms. The molecule has 2 aliphatic heterocycles. The van der Waals surface area contributed by atoms with Crippen LogP contribution in [0.2, 0.25) is 0 Å². The molecule has 0 aliphatic carbocycles. The van der Waals surface area contributed by atoms with E-state index < -0.39 is 6.10 Å². The van der Waals surface area contributed by atoms with Gasteiger partial charge < -0.3 is 24.7 Å². The van der Waals surface area contributed by atoms with Gasteiger partial charge >= 0.3 is 5.91 Å². The zero-order valence-electron chi connectivity index (χ0n) is 22.0. The number of carbonyl (C=O) groups is 2. The average molecular weight is 517 g/mol. The molecule has 0 bridgehead atoms. The van der Waals surface area contributed by atoms with Crippen LogP contribution in [0.1, 0.15) is 33.8 Å². The first-order valence-electron chi connectivity index (χ1n) is 12.6. The van der Waals surface area contributed by atoms with Crippen LogP contribution in [0.15, 0.2) is 55.0 Å². The lowest BCUT2D eigenvalue weighted by molar-refractivity contribution is -0.131. The van der Waals surface area contributed by atoms with E-state index in [0.717, 1.165) is 16.8 Å². The quantitative estimate of drug-likeness (QED) is 0.488. The number of rotatable bonds is 8. The maximum absolute atomic E-state index is 13.8. The van der Waals surface area contributed by atoms with Crippen molar-refractivity contribution in [2.45, 2.75) is 24.9 Å². The number of anilines is 2. The van der Waals surface area contributed by atoms with E-state index in [-0.39, 0.29) is 23.6 Å². The van der Waals surface area contributed by atoms with Crippen molar-refractivity contribution in [3.05, 3.63) is 71.7 Å². The van der Waals surface area contributed by atoms with E-state index in [1.165, 1.54) is 22.5 Å². The van der Waals surface area contributed by atoms with Gasteiger partial charge in [0, 0.05) is 56.3 Å². The minimum absolute atomic E-state index is 0.0991. The number of fused-ring (bicyclic) bond motifs is 2. The predicted octanol–water partition coefficient (Wildman–Crippen LogP) is 2.97. The first-order chi connectivity index (χ1) is 18.3. The summed E-state index contributed by atoms with van der Waals surface area (Å²) in [6, 6.07) is 13.4. The summed E-state index contributed by atoms with van der Waals surface area (Å²) in [5.74, 6) is 0.323. The van der Waals surface area contributed by atoms with Crippen LogP contribution in [-0.4, -0.2) is 79.0 Å². The van der Waals surface area contributed by atoms with E-state index in [4.69, 9.17) is 9.57 Å². The zero-order chi connectivity index (χ0) is 26.8. The SMILES string of the molecule is CN(C)CCc1c(ON2C(=O)C(CC3CNc4ccccc43)Oc3ncncc32)cccc1C(=O)N(C)C. The van der Waals surface area contributed by atoms with Gasteiger partial charge in [0.15, 0.2) is 17.5 Å². The van der Waals surface area contributed by atoms with Crippen molar-refractivity contribution in [3.63, 3.8) is 0 Å². The lowest BCUT2D eigenvalue weighted by Gasteiger charge is -2.33. The van der Waals surface area contributed by atoms with E-state index in [1.54, 1.807) is 32.3 Å². The molecule has 198 valence electrons. The highest BCUT2D eigenvalue weighted by Gasteiger charge is 2.40. The van der Waals surface area contributed by atoms with E-state index in [9.17, 15) is 9.59 Å². The maximum atomic E-state index is 13.8. The van der Waals surface area contributed by atoms with Gasteiger partial charge in [-0.3, -0.25) is 9.59 Å². The molecule has 5 rings (SSSR count). The van der Waals surface area contributed by atoms with Crippen molar-refractivity contribution in [2.75, 3.05) is 51.7 Å². The summed E-state index contributed by atoms with van der Waals surface area (Å²) in [7, 11) is 7.36. The molecule has 0 radical (unpaired) electrons. The molecule has 2 unspecified atom stereocenters. The third kappa shape index (κ3) is 4.99. The Labute approximate surface area is 222 Å². The highest BCUT2D eigenvalue weighted by atomic mass is 16.7. The number of benzene rings is 2. The highest BCUT2D eigenvalue weighted by molar-refractivity contribution is 5.99. The summed E-state index contributed by atoms with van der Waals surface area (Å²) in [4.78, 5) is 45.1. The first-order valence-corrected chi connectivity index (χ1v) is 12.6. The lowest BCUT2D eigenvalue weighted by atomic mass is 9.94. The van der Waals surface area contributed by atoms with Crippen molar-refractivity contribution in [1.29, 1.82) is 0 Å². The molecule has 2 atom stereocenters. The number of aromatic nitrogens is 2. The topological polar surface area (TPSA) is 100 Å². The summed E-state index contributed by atoms with van der Waals surface area (Å²) in [6.45, 7) is 1.41. The Kier molecular flexibility index (Phi) is 7.15. The highest BCUT2D eigenvalue weighted by Crippen LogP contribution is 2.39. The molecule has 2 aromatic carbocycles. The summed E-state index contributed by atoms with van der Waals surface area (Å²) in [5, 5.41) is 4.62. The van der Waals surface area contributed by atoms with E-state index in [1.807, 2.05) is 37.2 Å². The fourth-order valence-corrected chi connectivity index (χ4v) is 4.83. The Morgan fingerprint density at radius 2 is 1.97 bits per heavy atom. The largest absolute Gasteiger partial charge is 0.462 e. The normalized spacial score (nSPS) is 17.9. The molecule has 2 amide bonds.